The predicted molar refractivity (Wildman–Crippen MR) is 234 cm³/mol. The van der Waals surface area contributed by atoms with Gasteiger partial charge in [-0.15, -0.1) is 29.7 Å². The summed E-state index contributed by atoms with van der Waals surface area (Å²) >= 11 is 0. The summed E-state index contributed by atoms with van der Waals surface area (Å²) in [5.74, 6) is 2.91. The van der Waals surface area contributed by atoms with Crippen molar-refractivity contribution in [2.45, 2.75) is 131 Å². The maximum atomic E-state index is 6.58. The third-order valence-corrected chi connectivity index (χ3v) is 10.7. The van der Waals surface area contributed by atoms with Gasteiger partial charge in [0, 0.05) is 55.4 Å². The third kappa shape index (κ3) is 8.60. The number of benzene rings is 4. The van der Waals surface area contributed by atoms with Gasteiger partial charge in [0.2, 0.25) is 12.2 Å². The Morgan fingerprint density at radius 1 is 0.569 bits per heavy atom. The van der Waals surface area contributed by atoms with Crippen LogP contribution in [0.4, 0.5) is 0 Å². The molecule has 0 saturated heterocycles. The molecule has 4 aromatic carbocycles. The molecule has 306 valence electrons. The van der Waals surface area contributed by atoms with E-state index in [2.05, 4.69) is 186 Å². The Morgan fingerprint density at radius 2 is 1.17 bits per heavy atom. The van der Waals surface area contributed by atoms with Gasteiger partial charge in [-0.1, -0.05) is 140 Å². The van der Waals surface area contributed by atoms with Gasteiger partial charge in [-0.3, -0.25) is 0 Å². The summed E-state index contributed by atoms with van der Waals surface area (Å²) in [4.78, 5) is 4.89. The molecule has 0 atom stereocenters. The standard InChI is InChI=1S/C51H59N5O.Pt/c1-47(2,3)33-19-22-43-42(28-33)41-21-20-40(31-44(41)56(43)45-29-34(23-24-52-45)48(4,5)6)57-39-18-16-17-37(30-39)55-32-54(46(53-55)51(13,14)15)38-26-35(49(7,8)9)25-36(27-38)50(10,11)12;/h16-29H,1-15H3;/q-2;. The number of aromatic nitrogens is 5. The molecule has 0 saturated carbocycles. The molecule has 3 aromatic heterocycles. The Balaban J connectivity index is 0.00000567. The van der Waals surface area contributed by atoms with E-state index in [1.165, 1.54) is 22.3 Å². The molecule has 0 aliphatic carbocycles. The van der Waals surface area contributed by atoms with Gasteiger partial charge in [-0.2, -0.15) is 22.9 Å². The van der Waals surface area contributed by atoms with E-state index in [-0.39, 0.29) is 48.1 Å². The fourth-order valence-electron chi connectivity index (χ4n) is 7.12. The minimum Gasteiger partial charge on any atom is -0.510 e. The second-order valence-electron chi connectivity index (χ2n) is 20.7. The summed E-state index contributed by atoms with van der Waals surface area (Å²) in [7, 11) is 0. The molecule has 0 N–H and O–H groups in total. The first kappa shape index (κ1) is 43.0. The van der Waals surface area contributed by atoms with Gasteiger partial charge in [0.05, 0.1) is 0 Å². The molecule has 7 rings (SSSR count). The molecule has 0 fully saturated rings. The number of nitrogens with zero attached hydrogens (tertiary/aromatic N) is 5. The summed E-state index contributed by atoms with van der Waals surface area (Å²) in [5, 5.41) is 7.40. The van der Waals surface area contributed by atoms with Crippen LogP contribution in [0.2, 0.25) is 0 Å². The molecule has 6 nitrogen and oxygen atoms in total. The van der Waals surface area contributed by atoms with Crippen LogP contribution < -0.4 is 9.30 Å². The summed E-state index contributed by atoms with van der Waals surface area (Å²) in [6, 6.07) is 35.1. The first-order chi connectivity index (χ1) is 26.4. The number of rotatable bonds is 5. The quantitative estimate of drug-likeness (QED) is 0.128. The molecule has 0 radical (unpaired) electrons. The Hall–Kier alpha value is -4.54. The van der Waals surface area contributed by atoms with Gasteiger partial charge < -0.3 is 13.9 Å². The molecule has 0 unspecified atom stereocenters. The summed E-state index contributed by atoms with van der Waals surface area (Å²) in [5.41, 5.74) is 8.49. The molecule has 58 heavy (non-hydrogen) atoms. The first-order valence-corrected chi connectivity index (χ1v) is 20.2. The van der Waals surface area contributed by atoms with Crippen molar-refractivity contribution >= 4 is 21.8 Å². The number of hydrogen-bond donors (Lipinski definition) is 0. The SMILES string of the molecule is CC(C)(C)c1cc(-[n+]2[c-]n(-c3[c-]c(Oc4[c-]c5c(cc4)c4cc(C(C)(C)C)ccc4n5-c4cc(C(C)(C)C)ccn4)ccc3)nc2C(C)(C)C)cc(C(C)(C)C)c1.[Pt]. The maximum Gasteiger partial charge on any atom is 0.210 e. The van der Waals surface area contributed by atoms with Gasteiger partial charge >= 0.3 is 0 Å². The fourth-order valence-corrected chi connectivity index (χ4v) is 7.12. The second kappa shape index (κ2) is 14.9. The van der Waals surface area contributed by atoms with Crippen LogP contribution in [0.15, 0.2) is 85.1 Å². The van der Waals surface area contributed by atoms with Crippen molar-refractivity contribution in [3.63, 3.8) is 0 Å². The average molecular weight is 953 g/mol. The zero-order valence-electron chi connectivity index (χ0n) is 37.0. The Morgan fingerprint density at radius 3 is 1.78 bits per heavy atom. The van der Waals surface area contributed by atoms with Crippen LogP contribution in [0.5, 0.6) is 11.5 Å². The van der Waals surface area contributed by atoms with Gasteiger partial charge in [0.15, 0.2) is 0 Å². The van der Waals surface area contributed by atoms with Gasteiger partial charge in [0.25, 0.3) is 0 Å². The van der Waals surface area contributed by atoms with E-state index in [4.69, 9.17) is 14.8 Å². The summed E-state index contributed by atoms with van der Waals surface area (Å²) in [6.45, 7) is 33.6. The Bertz CT molecular complexity index is 2600. The normalized spacial score (nSPS) is 12.9. The minimum atomic E-state index is -0.257. The van der Waals surface area contributed by atoms with E-state index in [0.29, 0.717) is 11.5 Å². The van der Waals surface area contributed by atoms with Crippen molar-refractivity contribution in [3.05, 3.63) is 132 Å². The smallest absolute Gasteiger partial charge is 0.210 e. The largest absolute Gasteiger partial charge is 0.510 e. The van der Waals surface area contributed by atoms with Crippen molar-refractivity contribution in [3.8, 4) is 28.7 Å². The van der Waals surface area contributed by atoms with E-state index in [9.17, 15) is 0 Å². The number of fused-ring (bicyclic) bond motifs is 3. The van der Waals surface area contributed by atoms with Crippen molar-refractivity contribution in [2.75, 3.05) is 0 Å². The van der Waals surface area contributed by atoms with Crippen molar-refractivity contribution in [2.24, 2.45) is 0 Å². The second-order valence-corrected chi connectivity index (χ2v) is 20.7. The molecule has 0 aliphatic rings. The monoisotopic (exact) mass is 952 g/mol. The third-order valence-electron chi connectivity index (χ3n) is 10.7. The van der Waals surface area contributed by atoms with Crippen LogP contribution in [-0.4, -0.2) is 19.3 Å². The molecule has 7 heteroatoms. The van der Waals surface area contributed by atoms with Crippen LogP contribution in [0.1, 0.15) is 132 Å². The molecule has 0 bridgehead atoms. The van der Waals surface area contributed by atoms with Crippen molar-refractivity contribution in [1.29, 1.82) is 0 Å². The summed E-state index contributed by atoms with van der Waals surface area (Å²) < 4.78 is 12.7. The van der Waals surface area contributed by atoms with Crippen LogP contribution in [0, 0.1) is 18.5 Å². The average Bonchev–Trinajstić information content (AvgIpc) is 3.71. The first-order valence-electron chi connectivity index (χ1n) is 20.2. The van der Waals surface area contributed by atoms with E-state index >= 15 is 0 Å². The van der Waals surface area contributed by atoms with Gasteiger partial charge in [0.1, 0.15) is 5.82 Å². The summed E-state index contributed by atoms with van der Waals surface area (Å²) in [6.07, 6.45) is 5.49. The van der Waals surface area contributed by atoms with Gasteiger partial charge in [-0.25, -0.2) is 4.98 Å². The van der Waals surface area contributed by atoms with Crippen LogP contribution in [-0.2, 0) is 48.1 Å². The predicted octanol–water partition coefficient (Wildman–Crippen LogP) is 12.3. The van der Waals surface area contributed by atoms with Crippen molar-refractivity contribution in [1.82, 2.24) is 19.3 Å². The molecular formula is C51H59N5OPt-2. The molecule has 3 heterocycles. The zero-order chi connectivity index (χ0) is 41.5. The number of ether oxygens (including phenoxy) is 1. The Labute approximate surface area is 360 Å². The topological polar surface area (TPSA) is 48.8 Å². The minimum absolute atomic E-state index is 0. The van der Waals surface area contributed by atoms with Crippen molar-refractivity contribution < 1.29 is 30.4 Å². The van der Waals surface area contributed by atoms with E-state index < -0.39 is 0 Å². The zero-order valence-corrected chi connectivity index (χ0v) is 39.3. The van der Waals surface area contributed by atoms with E-state index in [1.807, 2.05) is 30.5 Å². The molecular weight excluding hydrogens is 894 g/mol. The fraction of sp³-hybridized carbons (Fsp3) is 0.392. The number of pyridine rings is 1. The number of hydrogen-bond acceptors (Lipinski definition) is 3. The maximum absolute atomic E-state index is 6.58. The molecule has 0 aliphatic heterocycles. The van der Waals surface area contributed by atoms with Gasteiger partial charge in [-0.05, 0) is 78.3 Å². The van der Waals surface area contributed by atoms with Crippen LogP contribution >= 0.6 is 0 Å². The molecule has 7 aromatic rings. The van der Waals surface area contributed by atoms with Crippen LogP contribution in [0.3, 0.4) is 0 Å². The van der Waals surface area contributed by atoms with E-state index in [0.717, 1.165) is 44.8 Å². The Kier molecular flexibility index (Phi) is 11.1. The van der Waals surface area contributed by atoms with Crippen LogP contribution in [0.25, 0.3) is 39.0 Å². The van der Waals surface area contributed by atoms with E-state index in [1.54, 1.807) is 4.68 Å². The molecule has 0 spiro atoms. The molecule has 0 amide bonds.